The molecule has 0 aliphatic carbocycles. The van der Waals surface area contributed by atoms with Crippen LogP contribution >= 0.6 is 67.5 Å². The maximum atomic E-state index is 14.7. The van der Waals surface area contributed by atoms with Gasteiger partial charge in [-0.2, -0.15) is 67.5 Å². The number of likely N-dealkylation sites (N-methyl/N-ethyl adjacent to an activating group) is 1. The largest absolute Gasteiger partial charge is 0.508 e. The Balaban J connectivity index is 0.00000355. The molecule has 2 saturated heterocycles. The lowest BCUT2D eigenvalue weighted by Crippen LogP contribution is -2.62. The Morgan fingerprint density at radius 2 is 1.71 bits per heavy atom. The van der Waals surface area contributed by atoms with Crippen molar-refractivity contribution in [1.82, 2.24) is 34.5 Å². The zero-order valence-corrected chi connectivity index (χ0v) is 48.6. The maximum absolute atomic E-state index is 14.7. The van der Waals surface area contributed by atoms with Crippen molar-refractivity contribution in [1.29, 1.82) is 0 Å². The number of hydrogen-bond acceptors (Lipinski definition) is 11. The number of cyclic esters (lactones) is 1. The van der Waals surface area contributed by atoms with Crippen molar-refractivity contribution in [3.63, 3.8) is 0 Å². The molecule has 0 unspecified atom stereocenters. The van der Waals surface area contributed by atoms with Gasteiger partial charge in [0.15, 0.2) is 0 Å². The minimum Gasteiger partial charge on any atom is -0.508 e. The molecule has 402 valence electrons. The van der Waals surface area contributed by atoms with E-state index >= 15 is 0 Å². The van der Waals surface area contributed by atoms with E-state index in [1.165, 1.54) is 21.3 Å². The van der Waals surface area contributed by atoms with Gasteiger partial charge in [-0.15, -0.1) is 0 Å². The Morgan fingerprint density at radius 1 is 1.00 bits per heavy atom. The zero-order valence-electron chi connectivity index (χ0n) is 42.8. The summed E-state index contributed by atoms with van der Waals surface area (Å²) in [6.07, 6.45) is 3.22. The van der Waals surface area contributed by atoms with Crippen molar-refractivity contribution in [2.45, 2.75) is 111 Å². The second-order valence-corrected chi connectivity index (χ2v) is 21.7. The molecular weight excluding hydrogens is 1030 g/mol. The van der Waals surface area contributed by atoms with Gasteiger partial charge in [-0.25, -0.2) is 18.1 Å². The van der Waals surface area contributed by atoms with Crippen LogP contribution in [-0.4, -0.2) is 125 Å². The highest BCUT2D eigenvalue weighted by molar-refractivity contribution is 7.89. The number of carbonyl (C=O) groups is 4. The Labute approximate surface area is 460 Å². The van der Waals surface area contributed by atoms with Crippen LogP contribution < -0.4 is 10.7 Å². The van der Waals surface area contributed by atoms with Gasteiger partial charge in [0, 0.05) is 74.8 Å². The number of sulfonamides is 1. The van der Waals surface area contributed by atoms with Gasteiger partial charge in [-0.1, -0.05) is 39.8 Å². The van der Waals surface area contributed by atoms with Gasteiger partial charge in [0.1, 0.15) is 23.9 Å². The third-order valence-electron chi connectivity index (χ3n) is 13.6. The summed E-state index contributed by atoms with van der Waals surface area (Å²) in [7, 11) is -0.293. The van der Waals surface area contributed by atoms with Crippen LogP contribution in [0.3, 0.4) is 0 Å². The molecule has 22 heteroatoms. The standard InChI is InChI=1S/C50H67N7O9S.5H2S/c1-10-56-42-17-16-33-26-38(42)39(45(56)37-14-12-19-51-43(37)31(5)65-9)27-50(6,7)29-66-49(62)40-15-13-20-57(53-40)48(61)41(24-32-22-35(33)25-36(58)23-32)52-46(59)44(30(3)4)54(8)47(60)34-18-21-55(28-34)67(63,64)11-2;;;;;/h12,14,16-17,19,22-23,25-26,30-31,34,40-41,44,53,58H,10-11,13,15,18,20-21,24,27-29H2,1-9H3,(H,52,59);5*1H2/t31-,34-,40-,41-,44-;;;;;/m0...../s1. The van der Waals surface area contributed by atoms with Gasteiger partial charge in [-0.3, -0.25) is 29.2 Å². The number of nitrogens with zero attached hydrogens (tertiary/aromatic N) is 5. The number of phenols is 1. The van der Waals surface area contributed by atoms with Crippen LogP contribution in [0.15, 0.2) is 54.7 Å². The topological polar surface area (TPSA) is 193 Å². The van der Waals surface area contributed by atoms with Gasteiger partial charge in [0.2, 0.25) is 21.8 Å². The van der Waals surface area contributed by atoms with Gasteiger partial charge < -0.3 is 29.4 Å². The van der Waals surface area contributed by atoms with Crippen LogP contribution in [0.25, 0.3) is 33.3 Å². The number of phenolic OH excluding ortho intramolecular Hbond substituents is 1. The predicted octanol–water partition coefficient (Wildman–Crippen LogP) is 6.17. The molecule has 3 amide bonds. The first-order chi connectivity index (χ1) is 31.8. The molecule has 0 radical (unpaired) electrons. The third kappa shape index (κ3) is 13.8. The molecule has 7 rings (SSSR count). The summed E-state index contributed by atoms with van der Waals surface area (Å²) in [6, 6.07) is 12.3. The van der Waals surface area contributed by atoms with E-state index in [2.05, 4.69) is 54.3 Å². The quantitative estimate of drug-likeness (QED) is 0.146. The number of hydrazine groups is 1. The fourth-order valence-electron chi connectivity index (χ4n) is 10.0. The summed E-state index contributed by atoms with van der Waals surface area (Å²) in [5.74, 6) is -3.03. The van der Waals surface area contributed by atoms with Crippen molar-refractivity contribution < 1.29 is 42.2 Å². The summed E-state index contributed by atoms with van der Waals surface area (Å²) in [6.45, 7) is 14.7. The lowest BCUT2D eigenvalue weighted by Gasteiger charge is -2.37. The molecule has 2 aromatic heterocycles. The Kier molecular flexibility index (Phi) is 24.0. The van der Waals surface area contributed by atoms with Gasteiger partial charge in [0.05, 0.1) is 35.8 Å². The molecule has 5 heterocycles. The van der Waals surface area contributed by atoms with Crippen molar-refractivity contribution in [2.24, 2.45) is 17.3 Å². The Hall–Kier alpha value is -3.61. The number of fused-ring (bicyclic) bond motifs is 6. The van der Waals surface area contributed by atoms with Gasteiger partial charge in [0.25, 0.3) is 5.91 Å². The van der Waals surface area contributed by atoms with Crippen LogP contribution in [0, 0.1) is 17.3 Å². The highest BCUT2D eigenvalue weighted by Gasteiger charge is 2.41. The average molecular weight is 1110 g/mol. The number of esters is 1. The SMILES string of the molecule is CCn1c(-c2cccnc2[C@H](C)OC)c2c3cc(ccc31)-c1cc(O)cc(c1)C[C@H](NC(=O)[C@H](C(C)C)N(C)C(=O)[C@H]1CCN(S(=O)(=O)CC)C1)C(=O)N1CCC[C@H](N1)C(=O)OCC(C)(C)C2.S.S.S.S.S. The second kappa shape index (κ2) is 26.7. The lowest BCUT2D eigenvalue weighted by molar-refractivity contribution is -0.155. The first-order valence-corrected chi connectivity index (χ1v) is 25.1. The molecule has 4 aromatic rings. The molecule has 0 saturated carbocycles. The molecule has 3 N–H and O–H groups in total. The minimum absolute atomic E-state index is 0. The summed E-state index contributed by atoms with van der Waals surface area (Å²) >= 11 is 0. The van der Waals surface area contributed by atoms with E-state index in [-0.39, 0.29) is 130 Å². The normalized spacial score (nSPS) is 20.0. The van der Waals surface area contributed by atoms with Crippen molar-refractivity contribution in [3.8, 4) is 28.1 Å². The molecule has 2 fully saturated rings. The molecule has 0 spiro atoms. The van der Waals surface area contributed by atoms with E-state index < -0.39 is 57.3 Å². The number of aromatic nitrogens is 2. The van der Waals surface area contributed by atoms with Crippen LogP contribution in [0.4, 0.5) is 0 Å². The van der Waals surface area contributed by atoms with Crippen LogP contribution in [0.1, 0.15) is 90.7 Å². The smallest absolute Gasteiger partial charge is 0.324 e. The first-order valence-electron chi connectivity index (χ1n) is 23.5. The molecule has 2 aromatic carbocycles. The van der Waals surface area contributed by atoms with E-state index in [1.54, 1.807) is 32.4 Å². The Bertz CT molecular complexity index is 2650. The van der Waals surface area contributed by atoms with E-state index in [4.69, 9.17) is 14.5 Å². The minimum atomic E-state index is -3.50. The fourth-order valence-corrected chi connectivity index (χ4v) is 11.2. The summed E-state index contributed by atoms with van der Waals surface area (Å²) < 4.78 is 40.8. The average Bonchev–Trinajstić information content (AvgIpc) is 3.93. The highest BCUT2D eigenvalue weighted by Crippen LogP contribution is 2.42. The van der Waals surface area contributed by atoms with Gasteiger partial charge >= 0.3 is 5.97 Å². The third-order valence-corrected chi connectivity index (χ3v) is 15.5. The van der Waals surface area contributed by atoms with Crippen LogP contribution in [-0.2, 0) is 58.1 Å². The summed E-state index contributed by atoms with van der Waals surface area (Å²) in [5, 5.41) is 16.7. The number of rotatable bonds is 11. The Morgan fingerprint density at radius 3 is 2.36 bits per heavy atom. The zero-order chi connectivity index (χ0) is 48.5. The highest BCUT2D eigenvalue weighted by atomic mass is 32.2. The molecule has 3 aliphatic rings. The number of methoxy groups -OCH3 is 1. The number of hydrogen-bond donors (Lipinski definition) is 3. The molecule has 16 nitrogen and oxygen atoms in total. The molecule has 5 atom stereocenters. The number of nitrogens with one attached hydrogen (secondary N) is 2. The summed E-state index contributed by atoms with van der Waals surface area (Å²) in [4.78, 5) is 63.3. The number of aromatic hydroxyl groups is 1. The predicted molar refractivity (Wildman–Crippen MR) is 308 cm³/mol. The number of carbonyl (C=O) groups excluding carboxylic acids is 4. The number of amides is 3. The molecular formula is C50H77N7O9S6. The molecule has 3 aliphatic heterocycles. The van der Waals surface area contributed by atoms with E-state index in [9.17, 15) is 32.7 Å². The van der Waals surface area contributed by atoms with Crippen molar-refractivity contribution in [3.05, 3.63) is 71.5 Å². The number of ether oxygens (including phenoxy) is 2. The van der Waals surface area contributed by atoms with Crippen LogP contribution in [0.5, 0.6) is 5.75 Å². The second-order valence-electron chi connectivity index (χ2n) is 19.4. The molecule has 6 bridgehead atoms. The van der Waals surface area contributed by atoms with Crippen molar-refractivity contribution in [2.75, 3.05) is 46.2 Å². The first kappa shape index (κ1) is 64.5. The fraction of sp³-hybridized carbons (Fsp3) is 0.540. The molecule has 72 heavy (non-hydrogen) atoms. The summed E-state index contributed by atoms with van der Waals surface area (Å²) in [5.41, 5.74) is 9.42. The van der Waals surface area contributed by atoms with E-state index in [0.29, 0.717) is 43.4 Å². The monoisotopic (exact) mass is 1110 g/mol. The lowest BCUT2D eigenvalue weighted by atomic mass is 9.84. The van der Waals surface area contributed by atoms with Gasteiger partial charge in [-0.05, 0) is 111 Å². The van der Waals surface area contributed by atoms with E-state index in [0.717, 1.165) is 39.0 Å². The van der Waals surface area contributed by atoms with E-state index in [1.807, 2.05) is 39.0 Å². The number of aryl methyl sites for hydroxylation is 1. The van der Waals surface area contributed by atoms with Crippen LogP contribution in [0.2, 0.25) is 0 Å². The van der Waals surface area contributed by atoms with Crippen molar-refractivity contribution >= 4 is 112 Å². The number of pyridine rings is 1. The maximum Gasteiger partial charge on any atom is 0.324 e. The number of benzene rings is 2.